The van der Waals surface area contributed by atoms with Crippen LogP contribution in [0.1, 0.15) is 26.2 Å². The van der Waals surface area contributed by atoms with Crippen LogP contribution in [0.3, 0.4) is 0 Å². The Morgan fingerprint density at radius 1 is 1.50 bits per heavy atom. The predicted octanol–water partition coefficient (Wildman–Crippen LogP) is 1.95. The van der Waals surface area contributed by atoms with Gasteiger partial charge in [0.2, 0.25) is 0 Å². The van der Waals surface area contributed by atoms with E-state index in [4.69, 9.17) is 0 Å². The summed E-state index contributed by atoms with van der Waals surface area (Å²) in [4.78, 5) is 0. The summed E-state index contributed by atoms with van der Waals surface area (Å²) in [6.07, 6.45) is 4.14. The van der Waals surface area contributed by atoms with E-state index in [0.29, 0.717) is 0 Å². The van der Waals surface area contributed by atoms with Crippen LogP contribution in [0.15, 0.2) is 11.0 Å². The van der Waals surface area contributed by atoms with Gasteiger partial charge in [-0.3, -0.25) is 0 Å². The number of rotatable bonds is 0. The van der Waals surface area contributed by atoms with E-state index in [0.717, 1.165) is 5.82 Å². The molecule has 1 atom stereocenters. The molecular formula is C7H10B. The second kappa shape index (κ2) is 1.40. The zero-order chi connectivity index (χ0) is 5.56. The monoisotopic (exact) mass is 105 g/mol. The minimum absolute atomic E-state index is 0.863. The Balaban J connectivity index is 2.17. The zero-order valence-electron chi connectivity index (χ0n) is 5.28. The van der Waals surface area contributed by atoms with Crippen molar-refractivity contribution >= 4 is 7.28 Å². The molecule has 1 heterocycles. The van der Waals surface area contributed by atoms with Crippen LogP contribution in [0.2, 0.25) is 5.82 Å². The van der Waals surface area contributed by atoms with Crippen LogP contribution >= 0.6 is 0 Å². The molecule has 0 N–H and O–H groups in total. The first-order valence-electron chi connectivity index (χ1n) is 3.42. The molecule has 0 aromatic carbocycles. The van der Waals surface area contributed by atoms with E-state index in [9.17, 15) is 0 Å². The summed E-state index contributed by atoms with van der Waals surface area (Å²) in [7, 11) is 2.43. The number of allylic oxidation sites excluding steroid dienone is 2. The lowest BCUT2D eigenvalue weighted by molar-refractivity contribution is 0.786. The standard InChI is InChI=1S/C7H10B/c1-5-4-6-2-3-7(6)8-5/h5H,2-4H2,1H3. The Hall–Kier alpha value is -0.195. The van der Waals surface area contributed by atoms with Gasteiger partial charge in [-0.2, -0.15) is 0 Å². The highest BCUT2D eigenvalue weighted by atomic mass is 14.2. The van der Waals surface area contributed by atoms with Gasteiger partial charge in [-0.15, -0.1) is 5.47 Å². The quantitative estimate of drug-likeness (QED) is 0.413. The third-order valence-electron chi connectivity index (χ3n) is 2.20. The molecule has 1 radical (unpaired) electrons. The van der Waals surface area contributed by atoms with Crippen molar-refractivity contribution in [1.82, 2.24) is 0 Å². The van der Waals surface area contributed by atoms with Crippen molar-refractivity contribution < 1.29 is 0 Å². The lowest BCUT2D eigenvalue weighted by atomic mass is 9.60. The summed E-state index contributed by atoms with van der Waals surface area (Å²) in [6, 6.07) is 0. The SMILES string of the molecule is CC1[B]C2=C(CC2)C1. The Kier molecular flexibility index (Phi) is 0.815. The fourth-order valence-corrected chi connectivity index (χ4v) is 1.67. The van der Waals surface area contributed by atoms with E-state index >= 15 is 0 Å². The van der Waals surface area contributed by atoms with Gasteiger partial charge >= 0.3 is 0 Å². The summed E-state index contributed by atoms with van der Waals surface area (Å²) in [5.74, 6) is 0.863. The van der Waals surface area contributed by atoms with Gasteiger partial charge in [0.1, 0.15) is 7.28 Å². The fraction of sp³-hybridized carbons (Fsp3) is 0.714. The number of hydrogen-bond donors (Lipinski definition) is 0. The molecule has 0 saturated carbocycles. The van der Waals surface area contributed by atoms with E-state index in [1.807, 2.05) is 0 Å². The average Bonchev–Trinajstić information content (AvgIpc) is 1.91. The molecule has 1 unspecified atom stereocenters. The normalized spacial score (nSPS) is 33.9. The van der Waals surface area contributed by atoms with Gasteiger partial charge in [-0.25, -0.2) is 0 Å². The van der Waals surface area contributed by atoms with Crippen molar-refractivity contribution in [3.8, 4) is 0 Å². The smallest absolute Gasteiger partial charge is 0.109 e. The first-order valence-corrected chi connectivity index (χ1v) is 3.42. The van der Waals surface area contributed by atoms with Crippen molar-refractivity contribution in [2.45, 2.75) is 32.0 Å². The maximum Gasteiger partial charge on any atom is 0.149 e. The molecule has 0 nitrogen and oxygen atoms in total. The summed E-state index contributed by atoms with van der Waals surface area (Å²) in [5.41, 5.74) is 3.43. The molecule has 0 spiro atoms. The highest BCUT2D eigenvalue weighted by Gasteiger charge is 2.26. The molecule has 1 aliphatic carbocycles. The third kappa shape index (κ3) is 0.475. The molecule has 1 aliphatic heterocycles. The highest BCUT2D eigenvalue weighted by molar-refractivity contribution is 6.49. The second-order valence-electron chi connectivity index (χ2n) is 2.98. The molecule has 2 aliphatic rings. The minimum atomic E-state index is 0.863. The van der Waals surface area contributed by atoms with Gasteiger partial charge < -0.3 is 0 Å². The van der Waals surface area contributed by atoms with Gasteiger partial charge in [-0.1, -0.05) is 18.3 Å². The van der Waals surface area contributed by atoms with Crippen molar-refractivity contribution in [2.24, 2.45) is 0 Å². The topological polar surface area (TPSA) is 0 Å². The molecule has 8 heavy (non-hydrogen) atoms. The average molecular weight is 105 g/mol. The van der Waals surface area contributed by atoms with Gasteiger partial charge in [0.15, 0.2) is 0 Å². The van der Waals surface area contributed by atoms with Crippen LogP contribution < -0.4 is 0 Å². The van der Waals surface area contributed by atoms with E-state index in [-0.39, 0.29) is 0 Å². The number of hydrogen-bond acceptors (Lipinski definition) is 0. The molecule has 2 rings (SSSR count). The molecule has 0 fully saturated rings. The fourth-order valence-electron chi connectivity index (χ4n) is 1.67. The molecule has 0 aromatic rings. The van der Waals surface area contributed by atoms with Crippen molar-refractivity contribution in [3.05, 3.63) is 11.0 Å². The maximum atomic E-state index is 2.43. The lowest BCUT2D eigenvalue weighted by Crippen LogP contribution is -2.01. The molecule has 0 bridgehead atoms. The van der Waals surface area contributed by atoms with Crippen molar-refractivity contribution in [3.63, 3.8) is 0 Å². The van der Waals surface area contributed by atoms with Crippen molar-refractivity contribution in [2.75, 3.05) is 0 Å². The van der Waals surface area contributed by atoms with Crippen LogP contribution in [0.25, 0.3) is 0 Å². The molecule has 0 saturated heterocycles. The zero-order valence-corrected chi connectivity index (χ0v) is 5.28. The second-order valence-corrected chi connectivity index (χ2v) is 2.98. The third-order valence-corrected chi connectivity index (χ3v) is 2.20. The summed E-state index contributed by atoms with van der Waals surface area (Å²) < 4.78 is 0. The largest absolute Gasteiger partial charge is 0.149 e. The van der Waals surface area contributed by atoms with Crippen LogP contribution in [-0.2, 0) is 0 Å². The van der Waals surface area contributed by atoms with Crippen LogP contribution in [0.4, 0.5) is 0 Å². The van der Waals surface area contributed by atoms with E-state index in [2.05, 4.69) is 14.2 Å². The highest BCUT2D eigenvalue weighted by Crippen LogP contribution is 2.41. The molecular weight excluding hydrogens is 94.9 g/mol. The Bertz CT molecular complexity index is 130. The predicted molar refractivity (Wildman–Crippen MR) is 36.1 cm³/mol. The summed E-state index contributed by atoms with van der Waals surface area (Å²) in [6.45, 7) is 2.30. The summed E-state index contributed by atoms with van der Waals surface area (Å²) in [5, 5.41) is 0. The van der Waals surface area contributed by atoms with Crippen LogP contribution in [0, 0.1) is 0 Å². The molecule has 0 amide bonds. The summed E-state index contributed by atoms with van der Waals surface area (Å²) >= 11 is 0. The van der Waals surface area contributed by atoms with Gasteiger partial charge in [0.25, 0.3) is 0 Å². The van der Waals surface area contributed by atoms with E-state index < -0.39 is 0 Å². The van der Waals surface area contributed by atoms with Gasteiger partial charge in [-0.05, 0) is 19.3 Å². The Morgan fingerprint density at radius 2 is 2.38 bits per heavy atom. The Morgan fingerprint density at radius 3 is 2.62 bits per heavy atom. The maximum absolute atomic E-state index is 2.43. The lowest BCUT2D eigenvalue weighted by Gasteiger charge is -2.15. The van der Waals surface area contributed by atoms with Gasteiger partial charge in [0, 0.05) is 0 Å². The Labute approximate surface area is 51.2 Å². The minimum Gasteiger partial charge on any atom is -0.109 e. The first kappa shape index (κ1) is 4.66. The van der Waals surface area contributed by atoms with E-state index in [1.165, 1.54) is 19.3 Å². The first-order chi connectivity index (χ1) is 3.86. The van der Waals surface area contributed by atoms with Crippen molar-refractivity contribution in [1.29, 1.82) is 0 Å². The van der Waals surface area contributed by atoms with Crippen LogP contribution in [-0.4, -0.2) is 7.28 Å². The van der Waals surface area contributed by atoms with Gasteiger partial charge in [0.05, 0.1) is 0 Å². The van der Waals surface area contributed by atoms with E-state index in [1.54, 1.807) is 11.0 Å². The molecule has 41 valence electrons. The molecule has 1 heteroatoms. The molecule has 0 aromatic heterocycles. The van der Waals surface area contributed by atoms with Crippen LogP contribution in [0.5, 0.6) is 0 Å².